The van der Waals surface area contributed by atoms with Gasteiger partial charge in [0.05, 0.1) is 29.9 Å². The predicted molar refractivity (Wildman–Crippen MR) is 135 cm³/mol. The zero-order valence-electron chi connectivity index (χ0n) is 19.2. The van der Waals surface area contributed by atoms with Gasteiger partial charge in [-0.1, -0.05) is 18.2 Å². The van der Waals surface area contributed by atoms with Gasteiger partial charge in [0.15, 0.2) is 0 Å². The van der Waals surface area contributed by atoms with E-state index in [1.807, 2.05) is 12.1 Å². The van der Waals surface area contributed by atoms with Crippen LogP contribution in [0.5, 0.6) is 5.75 Å². The van der Waals surface area contributed by atoms with Gasteiger partial charge in [-0.25, -0.2) is 0 Å². The molecule has 3 aliphatic rings. The van der Waals surface area contributed by atoms with Crippen LogP contribution in [0, 0.1) is 0 Å². The number of ether oxygens (including phenoxy) is 1. The minimum Gasteiger partial charge on any atom is -0.497 e. The summed E-state index contributed by atoms with van der Waals surface area (Å²) in [5.74, 6) is 0.867. The molecule has 0 aromatic heterocycles. The second kappa shape index (κ2) is 8.16. The molecule has 5 heteroatoms. The Morgan fingerprint density at radius 2 is 1.30 bits per heavy atom. The SMILES string of the molecule is COc1ccc(C2=Nc3cc(C4=Nc5cc(N6CCN(C)CC6)ccc5C4)ccc3C2)cc1. The molecule has 0 spiro atoms. The maximum atomic E-state index is 5.28. The molecule has 0 aliphatic carbocycles. The number of hydrogen-bond acceptors (Lipinski definition) is 5. The third kappa shape index (κ3) is 3.83. The lowest BCUT2D eigenvalue weighted by Crippen LogP contribution is -2.44. The largest absolute Gasteiger partial charge is 0.497 e. The van der Waals surface area contributed by atoms with Gasteiger partial charge in [0.2, 0.25) is 0 Å². The summed E-state index contributed by atoms with van der Waals surface area (Å²) in [4.78, 5) is 14.8. The summed E-state index contributed by atoms with van der Waals surface area (Å²) in [6.07, 6.45) is 1.75. The van der Waals surface area contributed by atoms with E-state index >= 15 is 0 Å². The highest BCUT2D eigenvalue weighted by atomic mass is 16.5. The summed E-state index contributed by atoms with van der Waals surface area (Å²) in [6, 6.07) is 21.6. The number of nitrogens with zero attached hydrogens (tertiary/aromatic N) is 4. The number of fused-ring (bicyclic) bond motifs is 2. The highest BCUT2D eigenvalue weighted by Gasteiger charge is 2.22. The summed E-state index contributed by atoms with van der Waals surface area (Å²) >= 11 is 0. The molecule has 5 nitrogen and oxygen atoms in total. The van der Waals surface area contributed by atoms with Crippen LogP contribution in [0.15, 0.2) is 70.6 Å². The molecule has 166 valence electrons. The summed E-state index contributed by atoms with van der Waals surface area (Å²) < 4.78 is 5.28. The number of aliphatic imine (C=N–C) groups is 2. The zero-order chi connectivity index (χ0) is 22.4. The van der Waals surface area contributed by atoms with Crippen molar-refractivity contribution in [1.82, 2.24) is 4.90 Å². The van der Waals surface area contributed by atoms with Crippen LogP contribution < -0.4 is 9.64 Å². The van der Waals surface area contributed by atoms with Gasteiger partial charge in [-0.05, 0) is 71.8 Å². The van der Waals surface area contributed by atoms with E-state index in [0.717, 1.165) is 73.1 Å². The third-order valence-corrected chi connectivity index (χ3v) is 7.01. The molecule has 1 saturated heterocycles. The molecular weight excluding hydrogens is 408 g/mol. The van der Waals surface area contributed by atoms with Gasteiger partial charge in [0.1, 0.15) is 5.75 Å². The fraction of sp³-hybridized carbons (Fsp3) is 0.286. The van der Waals surface area contributed by atoms with Gasteiger partial charge in [-0.3, -0.25) is 9.98 Å². The van der Waals surface area contributed by atoms with E-state index < -0.39 is 0 Å². The second-order valence-corrected chi connectivity index (χ2v) is 9.15. The van der Waals surface area contributed by atoms with Gasteiger partial charge in [-0.2, -0.15) is 0 Å². The van der Waals surface area contributed by atoms with Crippen LogP contribution in [0.1, 0.15) is 22.3 Å². The third-order valence-electron chi connectivity index (χ3n) is 7.01. The minimum atomic E-state index is 0.864. The standard InChI is InChI=1S/C28H28N4O/c1-31-11-13-32(14-12-31)23-8-5-22-17-27(30-28(22)18-23)21-4-3-20-15-25(29-26(20)16-21)19-6-9-24(33-2)10-7-19/h3-10,16,18H,11-15,17H2,1-2H3. The van der Waals surface area contributed by atoms with Crippen molar-refractivity contribution in [3.8, 4) is 5.75 Å². The number of rotatable bonds is 4. The van der Waals surface area contributed by atoms with Crippen LogP contribution in [-0.2, 0) is 12.8 Å². The molecule has 3 aromatic rings. The molecule has 3 aromatic carbocycles. The minimum absolute atomic E-state index is 0.864. The lowest BCUT2D eigenvalue weighted by molar-refractivity contribution is 0.313. The molecule has 0 atom stereocenters. The molecule has 33 heavy (non-hydrogen) atoms. The molecule has 3 aliphatic heterocycles. The normalized spacial score (nSPS) is 17.5. The smallest absolute Gasteiger partial charge is 0.118 e. The van der Waals surface area contributed by atoms with E-state index in [2.05, 4.69) is 65.4 Å². The van der Waals surface area contributed by atoms with Crippen LogP contribution in [0.25, 0.3) is 0 Å². The average Bonchev–Trinajstić information content (AvgIpc) is 3.48. The average molecular weight is 437 g/mol. The summed E-state index contributed by atoms with van der Waals surface area (Å²) in [7, 11) is 3.88. The Morgan fingerprint density at radius 3 is 2.00 bits per heavy atom. The number of likely N-dealkylation sites (N-methyl/N-ethyl adjacent to an activating group) is 1. The summed E-state index contributed by atoms with van der Waals surface area (Å²) in [6.45, 7) is 4.37. The first-order chi connectivity index (χ1) is 16.2. The van der Waals surface area contributed by atoms with Gasteiger partial charge in [-0.15, -0.1) is 0 Å². The fourth-order valence-electron chi connectivity index (χ4n) is 4.91. The number of methoxy groups -OCH3 is 1. The molecule has 0 radical (unpaired) electrons. The van der Waals surface area contributed by atoms with Crippen molar-refractivity contribution in [3.63, 3.8) is 0 Å². The van der Waals surface area contributed by atoms with Crippen molar-refractivity contribution in [2.45, 2.75) is 12.8 Å². The Kier molecular flexibility index (Phi) is 4.99. The van der Waals surface area contributed by atoms with Crippen molar-refractivity contribution in [3.05, 3.63) is 82.9 Å². The van der Waals surface area contributed by atoms with Gasteiger partial charge < -0.3 is 14.5 Å². The highest BCUT2D eigenvalue weighted by Crippen LogP contribution is 2.35. The molecule has 0 unspecified atom stereocenters. The monoisotopic (exact) mass is 436 g/mol. The Balaban J connectivity index is 1.24. The predicted octanol–water partition coefficient (Wildman–Crippen LogP) is 4.80. The first-order valence-electron chi connectivity index (χ1n) is 11.7. The van der Waals surface area contributed by atoms with Crippen LogP contribution in [0.3, 0.4) is 0 Å². The van der Waals surface area contributed by atoms with E-state index in [0.29, 0.717) is 0 Å². The van der Waals surface area contributed by atoms with Gasteiger partial charge in [0.25, 0.3) is 0 Å². The van der Waals surface area contributed by atoms with Crippen molar-refractivity contribution in [2.75, 3.05) is 45.2 Å². The Bertz CT molecular complexity index is 1270. The molecule has 1 fully saturated rings. The van der Waals surface area contributed by atoms with Crippen molar-refractivity contribution in [2.24, 2.45) is 9.98 Å². The Hall–Kier alpha value is -3.44. The van der Waals surface area contributed by atoms with Crippen LogP contribution >= 0.6 is 0 Å². The van der Waals surface area contributed by atoms with E-state index in [9.17, 15) is 0 Å². The molecular formula is C28H28N4O. The fourth-order valence-corrected chi connectivity index (χ4v) is 4.91. The highest BCUT2D eigenvalue weighted by molar-refractivity contribution is 6.10. The molecule has 0 bridgehead atoms. The second-order valence-electron chi connectivity index (χ2n) is 9.15. The lowest BCUT2D eigenvalue weighted by Gasteiger charge is -2.34. The number of hydrogen-bond donors (Lipinski definition) is 0. The summed E-state index contributed by atoms with van der Waals surface area (Å²) in [5.41, 5.74) is 10.6. The Morgan fingerprint density at radius 1 is 0.697 bits per heavy atom. The number of anilines is 1. The van der Waals surface area contributed by atoms with E-state index in [1.165, 1.54) is 22.4 Å². The Labute approximate surface area is 195 Å². The van der Waals surface area contributed by atoms with Gasteiger partial charge >= 0.3 is 0 Å². The van der Waals surface area contributed by atoms with E-state index in [-0.39, 0.29) is 0 Å². The van der Waals surface area contributed by atoms with Crippen LogP contribution in [0.2, 0.25) is 0 Å². The molecule has 0 amide bonds. The molecule has 3 heterocycles. The first-order valence-corrected chi connectivity index (χ1v) is 11.7. The molecule has 6 rings (SSSR count). The molecule has 0 saturated carbocycles. The van der Waals surface area contributed by atoms with E-state index in [4.69, 9.17) is 14.7 Å². The summed E-state index contributed by atoms with van der Waals surface area (Å²) in [5, 5.41) is 0. The lowest BCUT2D eigenvalue weighted by atomic mass is 10.00. The molecule has 0 N–H and O–H groups in total. The maximum absolute atomic E-state index is 5.28. The number of benzene rings is 3. The van der Waals surface area contributed by atoms with E-state index in [1.54, 1.807) is 7.11 Å². The van der Waals surface area contributed by atoms with Crippen molar-refractivity contribution >= 4 is 28.5 Å². The quantitative estimate of drug-likeness (QED) is 0.590. The van der Waals surface area contributed by atoms with Crippen molar-refractivity contribution in [1.29, 1.82) is 0 Å². The zero-order valence-corrected chi connectivity index (χ0v) is 19.2. The van der Waals surface area contributed by atoms with Crippen LogP contribution in [0.4, 0.5) is 17.1 Å². The first kappa shape index (κ1) is 20.2. The van der Waals surface area contributed by atoms with Crippen molar-refractivity contribution < 1.29 is 4.74 Å². The topological polar surface area (TPSA) is 40.4 Å². The maximum Gasteiger partial charge on any atom is 0.118 e. The number of piperazine rings is 1. The van der Waals surface area contributed by atoms with Crippen LogP contribution in [-0.4, -0.2) is 56.7 Å². The van der Waals surface area contributed by atoms with Gasteiger partial charge in [0, 0.05) is 44.7 Å².